The molecule has 8 aromatic carbocycles. The van der Waals surface area contributed by atoms with Gasteiger partial charge >= 0.3 is 0 Å². The summed E-state index contributed by atoms with van der Waals surface area (Å²) in [6.07, 6.45) is 2.28. The summed E-state index contributed by atoms with van der Waals surface area (Å²) in [5.41, 5.74) is 14.0. The van der Waals surface area contributed by atoms with Crippen LogP contribution in [0.4, 0.5) is 0 Å². The van der Waals surface area contributed by atoms with Crippen molar-refractivity contribution in [1.82, 2.24) is 19.1 Å². The van der Waals surface area contributed by atoms with Crippen LogP contribution in [0, 0.1) is 0 Å². The Hall–Kier alpha value is -7.04. The molecule has 0 radical (unpaired) electrons. The molecule has 4 nitrogen and oxygen atoms in total. The molecule has 11 aromatic rings. The van der Waals surface area contributed by atoms with Crippen LogP contribution in [0.5, 0.6) is 0 Å². The van der Waals surface area contributed by atoms with Crippen molar-refractivity contribution < 1.29 is 0 Å². The number of fused-ring (bicyclic) bond motifs is 11. The van der Waals surface area contributed by atoms with Crippen LogP contribution in [0.25, 0.3) is 99.3 Å². The normalized spacial score (nSPS) is 14.8. The van der Waals surface area contributed by atoms with Gasteiger partial charge in [0.05, 0.1) is 33.3 Å². The van der Waals surface area contributed by atoms with Gasteiger partial charge in [-0.05, 0) is 105 Å². The van der Waals surface area contributed by atoms with Gasteiger partial charge in [0.15, 0.2) is 0 Å². The Kier molecular flexibility index (Phi) is 7.41. The van der Waals surface area contributed by atoms with E-state index < -0.39 is 0 Å². The topological polar surface area (TPSA) is 35.6 Å². The van der Waals surface area contributed by atoms with Crippen molar-refractivity contribution in [1.29, 1.82) is 0 Å². The standard InChI is InChI=1S/C56H44N4/c1-55(2)31-32-56(3,4)44-34-49-42(33-43(44)55)51-47(29-30-48-52(51)50-40-20-12-11-17-37(40)27-28-46(50)59(48)39-18-9-6-10-19-39)60(49)54-57-45-22-14-13-21-41(45)53(58-54)38-25-23-36(24-26-38)35-15-7-5-8-16-35/h5-30,33-34H,31-32H2,1-4H3. The first-order valence-corrected chi connectivity index (χ1v) is 21.2. The molecule has 0 fully saturated rings. The smallest absolute Gasteiger partial charge is 0.235 e. The SMILES string of the molecule is CC1(C)CCC(C)(C)c2cc3c(cc21)c1c2c4c5ccccc5ccc4n(-c4ccccc4)c2ccc1n3-c1nc(-c2ccc(-c3ccccc3)cc2)c2ccccc2n1. The number of benzene rings is 8. The number of nitrogens with zero attached hydrogens (tertiary/aromatic N) is 4. The van der Waals surface area contributed by atoms with Crippen molar-refractivity contribution in [3.8, 4) is 34.0 Å². The van der Waals surface area contributed by atoms with Gasteiger partial charge in [0.1, 0.15) is 0 Å². The lowest BCUT2D eigenvalue weighted by atomic mass is 9.63. The second-order valence-corrected chi connectivity index (χ2v) is 18.1. The predicted octanol–water partition coefficient (Wildman–Crippen LogP) is 14.7. The van der Waals surface area contributed by atoms with E-state index in [0.717, 1.165) is 51.7 Å². The molecular weight excluding hydrogens is 729 g/mol. The van der Waals surface area contributed by atoms with Crippen molar-refractivity contribution in [2.24, 2.45) is 0 Å². The fraction of sp³-hybridized carbons (Fsp3) is 0.143. The Bertz CT molecular complexity index is 3520. The van der Waals surface area contributed by atoms with Crippen molar-refractivity contribution in [2.75, 3.05) is 0 Å². The third kappa shape index (κ3) is 5.10. The van der Waals surface area contributed by atoms with Gasteiger partial charge in [0.2, 0.25) is 5.95 Å². The molecule has 0 saturated carbocycles. The largest absolute Gasteiger partial charge is 0.309 e. The molecule has 3 heterocycles. The zero-order valence-electron chi connectivity index (χ0n) is 34.4. The van der Waals surface area contributed by atoms with E-state index in [4.69, 9.17) is 9.97 Å². The number of hydrogen-bond acceptors (Lipinski definition) is 2. The number of aromatic nitrogens is 4. The Morgan fingerprint density at radius 3 is 1.72 bits per heavy atom. The molecular formula is C56H44N4. The van der Waals surface area contributed by atoms with Gasteiger partial charge in [-0.1, -0.05) is 149 Å². The highest BCUT2D eigenvalue weighted by Crippen LogP contribution is 2.50. The van der Waals surface area contributed by atoms with Crippen molar-refractivity contribution in [3.05, 3.63) is 181 Å². The number of rotatable bonds is 4. The van der Waals surface area contributed by atoms with E-state index in [1.807, 2.05) is 0 Å². The van der Waals surface area contributed by atoms with Crippen LogP contribution in [-0.4, -0.2) is 19.1 Å². The summed E-state index contributed by atoms with van der Waals surface area (Å²) >= 11 is 0. The van der Waals surface area contributed by atoms with Crippen LogP contribution in [0.15, 0.2) is 170 Å². The lowest BCUT2D eigenvalue weighted by Crippen LogP contribution is -2.33. The molecule has 3 aromatic heterocycles. The highest BCUT2D eigenvalue weighted by molar-refractivity contribution is 6.33. The number of hydrogen-bond donors (Lipinski definition) is 0. The van der Waals surface area contributed by atoms with Crippen LogP contribution >= 0.6 is 0 Å². The van der Waals surface area contributed by atoms with Gasteiger partial charge < -0.3 is 4.57 Å². The number of para-hydroxylation sites is 2. The van der Waals surface area contributed by atoms with Gasteiger partial charge in [-0.3, -0.25) is 4.57 Å². The molecule has 60 heavy (non-hydrogen) atoms. The molecule has 0 bridgehead atoms. The van der Waals surface area contributed by atoms with E-state index in [2.05, 4.69) is 207 Å². The fourth-order valence-electron chi connectivity index (χ4n) is 10.3. The van der Waals surface area contributed by atoms with Crippen LogP contribution in [-0.2, 0) is 10.8 Å². The van der Waals surface area contributed by atoms with Crippen LogP contribution < -0.4 is 0 Å². The molecule has 0 aliphatic heterocycles. The van der Waals surface area contributed by atoms with E-state index in [9.17, 15) is 0 Å². The lowest BCUT2D eigenvalue weighted by molar-refractivity contribution is 0.332. The summed E-state index contributed by atoms with van der Waals surface area (Å²) in [7, 11) is 0. The summed E-state index contributed by atoms with van der Waals surface area (Å²) in [6.45, 7) is 9.69. The molecule has 1 aliphatic rings. The molecule has 4 heteroatoms. The first kappa shape index (κ1) is 35.0. The zero-order valence-corrected chi connectivity index (χ0v) is 34.4. The third-order valence-corrected chi connectivity index (χ3v) is 13.6. The summed E-state index contributed by atoms with van der Waals surface area (Å²) in [6, 6.07) is 61.8. The average molecular weight is 773 g/mol. The molecule has 0 saturated heterocycles. The minimum absolute atomic E-state index is 0.0189. The van der Waals surface area contributed by atoms with Gasteiger partial charge in [-0.25, -0.2) is 9.97 Å². The van der Waals surface area contributed by atoms with E-state index in [1.165, 1.54) is 65.6 Å². The van der Waals surface area contributed by atoms with Gasteiger partial charge in [0, 0.05) is 38.2 Å². The van der Waals surface area contributed by atoms with Crippen LogP contribution in [0.1, 0.15) is 51.7 Å². The Labute approximate surface area is 349 Å². The van der Waals surface area contributed by atoms with Crippen molar-refractivity contribution in [2.45, 2.75) is 51.4 Å². The first-order valence-electron chi connectivity index (χ1n) is 21.2. The minimum Gasteiger partial charge on any atom is -0.309 e. The molecule has 0 unspecified atom stereocenters. The maximum Gasteiger partial charge on any atom is 0.235 e. The Morgan fingerprint density at radius 1 is 0.417 bits per heavy atom. The molecule has 0 atom stereocenters. The van der Waals surface area contributed by atoms with Gasteiger partial charge in [0.25, 0.3) is 0 Å². The van der Waals surface area contributed by atoms with Gasteiger partial charge in [-0.15, -0.1) is 0 Å². The average Bonchev–Trinajstić information content (AvgIpc) is 3.80. The zero-order chi connectivity index (χ0) is 40.3. The van der Waals surface area contributed by atoms with Crippen molar-refractivity contribution >= 4 is 65.3 Å². The minimum atomic E-state index is 0.0189. The predicted molar refractivity (Wildman–Crippen MR) is 252 cm³/mol. The summed E-state index contributed by atoms with van der Waals surface area (Å²) in [5.74, 6) is 0.680. The molecule has 288 valence electrons. The first-order chi connectivity index (χ1) is 29.2. The Morgan fingerprint density at radius 2 is 0.967 bits per heavy atom. The molecule has 0 spiro atoms. The Balaban J connectivity index is 1.23. The van der Waals surface area contributed by atoms with E-state index >= 15 is 0 Å². The quantitative estimate of drug-likeness (QED) is 0.179. The van der Waals surface area contributed by atoms with E-state index in [1.54, 1.807) is 0 Å². The molecule has 1 aliphatic carbocycles. The van der Waals surface area contributed by atoms with Crippen molar-refractivity contribution in [3.63, 3.8) is 0 Å². The maximum absolute atomic E-state index is 5.59. The molecule has 12 rings (SSSR count). The van der Waals surface area contributed by atoms with Crippen LogP contribution in [0.3, 0.4) is 0 Å². The highest BCUT2D eigenvalue weighted by Gasteiger charge is 2.38. The van der Waals surface area contributed by atoms with E-state index in [0.29, 0.717) is 5.95 Å². The van der Waals surface area contributed by atoms with E-state index in [-0.39, 0.29) is 10.8 Å². The van der Waals surface area contributed by atoms with Crippen LogP contribution in [0.2, 0.25) is 0 Å². The lowest BCUT2D eigenvalue weighted by Gasteiger charge is -2.42. The second-order valence-electron chi connectivity index (χ2n) is 18.1. The second kappa shape index (κ2) is 12.7. The molecule has 0 N–H and O–H groups in total. The molecule has 0 amide bonds. The summed E-state index contributed by atoms with van der Waals surface area (Å²) < 4.78 is 4.82. The highest BCUT2D eigenvalue weighted by atomic mass is 15.2. The maximum atomic E-state index is 5.59. The van der Waals surface area contributed by atoms with Gasteiger partial charge in [-0.2, -0.15) is 0 Å². The third-order valence-electron chi connectivity index (χ3n) is 13.6. The summed E-state index contributed by atoms with van der Waals surface area (Å²) in [4.78, 5) is 11.0. The summed E-state index contributed by atoms with van der Waals surface area (Å²) in [5, 5.41) is 8.54. The monoisotopic (exact) mass is 772 g/mol. The fourth-order valence-corrected chi connectivity index (χ4v) is 10.3.